The zero-order chi connectivity index (χ0) is 14.7. The van der Waals surface area contributed by atoms with E-state index in [1.54, 1.807) is 7.11 Å². The van der Waals surface area contributed by atoms with Crippen molar-refractivity contribution in [1.29, 1.82) is 0 Å². The van der Waals surface area contributed by atoms with Gasteiger partial charge in [-0.25, -0.2) is 0 Å². The summed E-state index contributed by atoms with van der Waals surface area (Å²) in [5, 5.41) is 3.98. The number of aryl methyl sites for hydroxylation is 1. The van der Waals surface area contributed by atoms with Crippen molar-refractivity contribution >= 4 is 11.6 Å². The zero-order valence-electron chi connectivity index (χ0n) is 12.3. The van der Waals surface area contributed by atoms with E-state index < -0.39 is 0 Å². The van der Waals surface area contributed by atoms with Crippen molar-refractivity contribution in [1.82, 2.24) is 5.32 Å². The Hall–Kier alpha value is -1.51. The molecular formula is C17H20ClNO. The maximum atomic E-state index is 6.41. The van der Waals surface area contributed by atoms with E-state index in [1.165, 1.54) is 5.56 Å². The number of hydrogen-bond acceptors (Lipinski definition) is 2. The number of nitrogens with one attached hydrogen (secondary N) is 1. The Kier molecular flexibility index (Phi) is 4.69. The highest BCUT2D eigenvalue weighted by atomic mass is 35.5. The van der Waals surface area contributed by atoms with Crippen LogP contribution in [0.15, 0.2) is 36.4 Å². The van der Waals surface area contributed by atoms with Crippen LogP contribution >= 0.6 is 11.6 Å². The molecule has 1 atom stereocenters. The summed E-state index contributed by atoms with van der Waals surface area (Å²) in [5.41, 5.74) is 4.44. The van der Waals surface area contributed by atoms with E-state index in [-0.39, 0.29) is 6.04 Å². The summed E-state index contributed by atoms with van der Waals surface area (Å²) in [7, 11) is 3.62. The summed E-state index contributed by atoms with van der Waals surface area (Å²) < 4.78 is 5.44. The van der Waals surface area contributed by atoms with Gasteiger partial charge in [-0.1, -0.05) is 35.4 Å². The number of ether oxygens (including phenoxy) is 1. The first kappa shape index (κ1) is 14.9. The van der Waals surface area contributed by atoms with Gasteiger partial charge < -0.3 is 10.1 Å². The maximum Gasteiger partial charge on any atom is 0.126 e. The number of benzene rings is 2. The molecule has 0 aromatic heterocycles. The van der Waals surface area contributed by atoms with Gasteiger partial charge in [0.25, 0.3) is 0 Å². The molecule has 0 aliphatic rings. The predicted molar refractivity (Wildman–Crippen MR) is 85.7 cm³/mol. The van der Waals surface area contributed by atoms with E-state index >= 15 is 0 Å². The molecule has 1 unspecified atom stereocenters. The number of methoxy groups -OCH3 is 1. The lowest BCUT2D eigenvalue weighted by molar-refractivity contribution is 0.416. The molecule has 2 rings (SSSR count). The fourth-order valence-corrected chi connectivity index (χ4v) is 2.59. The van der Waals surface area contributed by atoms with Gasteiger partial charge in [-0.2, -0.15) is 0 Å². The average Bonchev–Trinajstić information content (AvgIpc) is 2.46. The van der Waals surface area contributed by atoms with E-state index in [0.29, 0.717) is 0 Å². The second-order valence-corrected chi connectivity index (χ2v) is 5.36. The van der Waals surface area contributed by atoms with Gasteiger partial charge in [-0.15, -0.1) is 0 Å². The van der Waals surface area contributed by atoms with Crippen LogP contribution in [0.3, 0.4) is 0 Å². The Morgan fingerprint density at radius 2 is 1.90 bits per heavy atom. The van der Waals surface area contributed by atoms with Gasteiger partial charge in [0.2, 0.25) is 0 Å². The van der Waals surface area contributed by atoms with E-state index in [2.05, 4.69) is 37.4 Å². The highest BCUT2D eigenvalue weighted by Gasteiger charge is 2.11. The average molecular weight is 290 g/mol. The van der Waals surface area contributed by atoms with Crippen molar-refractivity contribution in [2.45, 2.75) is 19.9 Å². The topological polar surface area (TPSA) is 21.3 Å². The molecule has 3 heteroatoms. The lowest BCUT2D eigenvalue weighted by Crippen LogP contribution is -2.12. The molecule has 0 amide bonds. The van der Waals surface area contributed by atoms with Gasteiger partial charge in [-0.05, 0) is 50.2 Å². The first-order valence-electron chi connectivity index (χ1n) is 6.68. The minimum Gasteiger partial charge on any atom is -0.496 e. The first-order valence-corrected chi connectivity index (χ1v) is 7.06. The third kappa shape index (κ3) is 2.97. The highest BCUT2D eigenvalue weighted by molar-refractivity contribution is 6.31. The molecule has 1 N–H and O–H groups in total. The summed E-state index contributed by atoms with van der Waals surface area (Å²) in [4.78, 5) is 0. The minimum atomic E-state index is 0.232. The lowest BCUT2D eigenvalue weighted by Gasteiger charge is -2.15. The van der Waals surface area contributed by atoms with Gasteiger partial charge >= 0.3 is 0 Å². The zero-order valence-corrected chi connectivity index (χ0v) is 13.1. The Morgan fingerprint density at radius 1 is 1.15 bits per heavy atom. The molecule has 2 nitrogen and oxygen atoms in total. The van der Waals surface area contributed by atoms with Crippen LogP contribution in [0, 0.1) is 6.92 Å². The lowest BCUT2D eigenvalue weighted by atomic mass is 9.99. The fraction of sp³-hybridized carbons (Fsp3) is 0.294. The van der Waals surface area contributed by atoms with Crippen LogP contribution in [0.5, 0.6) is 5.75 Å². The van der Waals surface area contributed by atoms with Gasteiger partial charge in [0, 0.05) is 16.6 Å². The van der Waals surface area contributed by atoms with E-state index in [1.807, 2.05) is 25.2 Å². The SMILES string of the molecule is CNC(C)c1ccc(-c2cc(C)ccc2OC)cc1Cl. The van der Waals surface area contributed by atoms with Crippen molar-refractivity contribution in [3.05, 3.63) is 52.5 Å². The normalized spacial score (nSPS) is 12.2. The summed E-state index contributed by atoms with van der Waals surface area (Å²) >= 11 is 6.41. The Labute approximate surface area is 125 Å². The van der Waals surface area contributed by atoms with E-state index in [4.69, 9.17) is 16.3 Å². The monoisotopic (exact) mass is 289 g/mol. The summed E-state index contributed by atoms with van der Waals surface area (Å²) in [6, 6.07) is 12.5. The van der Waals surface area contributed by atoms with Crippen LogP contribution in [-0.2, 0) is 0 Å². The first-order chi connectivity index (χ1) is 9.56. The molecular weight excluding hydrogens is 270 g/mol. The quantitative estimate of drug-likeness (QED) is 0.888. The van der Waals surface area contributed by atoms with Gasteiger partial charge in [0.05, 0.1) is 7.11 Å². The molecule has 2 aromatic carbocycles. The smallest absolute Gasteiger partial charge is 0.126 e. The number of halogens is 1. The fourth-order valence-electron chi connectivity index (χ4n) is 2.25. The van der Waals surface area contributed by atoms with Crippen LogP contribution in [0.4, 0.5) is 0 Å². The van der Waals surface area contributed by atoms with Gasteiger partial charge in [0.15, 0.2) is 0 Å². The molecule has 20 heavy (non-hydrogen) atoms. The van der Waals surface area contributed by atoms with E-state index in [9.17, 15) is 0 Å². The minimum absolute atomic E-state index is 0.232. The van der Waals surface area contributed by atoms with Crippen LogP contribution in [0.2, 0.25) is 5.02 Å². The van der Waals surface area contributed by atoms with E-state index in [0.717, 1.165) is 27.5 Å². The molecule has 0 radical (unpaired) electrons. The molecule has 0 bridgehead atoms. The Morgan fingerprint density at radius 3 is 2.50 bits per heavy atom. The maximum absolute atomic E-state index is 6.41. The molecule has 0 aliphatic heterocycles. The molecule has 0 saturated carbocycles. The van der Waals surface area contributed by atoms with Crippen molar-refractivity contribution in [2.24, 2.45) is 0 Å². The third-order valence-corrected chi connectivity index (χ3v) is 3.89. The number of rotatable bonds is 4. The van der Waals surface area contributed by atoms with Crippen LogP contribution in [-0.4, -0.2) is 14.2 Å². The third-order valence-electron chi connectivity index (χ3n) is 3.57. The second kappa shape index (κ2) is 6.29. The van der Waals surface area contributed by atoms with Crippen molar-refractivity contribution < 1.29 is 4.74 Å². The standard InChI is InChI=1S/C17H20ClNO/c1-11-5-8-17(20-4)15(9-11)13-6-7-14(12(2)19-3)16(18)10-13/h5-10,12,19H,1-4H3. The molecule has 2 aromatic rings. The summed E-state index contributed by atoms with van der Waals surface area (Å²) in [5.74, 6) is 0.862. The van der Waals surface area contributed by atoms with Crippen LogP contribution in [0.25, 0.3) is 11.1 Å². The van der Waals surface area contributed by atoms with Crippen molar-refractivity contribution in [2.75, 3.05) is 14.2 Å². The largest absolute Gasteiger partial charge is 0.496 e. The highest BCUT2D eigenvalue weighted by Crippen LogP contribution is 2.34. The second-order valence-electron chi connectivity index (χ2n) is 4.95. The molecule has 106 valence electrons. The molecule has 0 saturated heterocycles. The van der Waals surface area contributed by atoms with Crippen molar-refractivity contribution in [3.8, 4) is 16.9 Å². The number of hydrogen-bond donors (Lipinski definition) is 1. The summed E-state index contributed by atoms with van der Waals surface area (Å²) in [6.45, 7) is 4.16. The summed E-state index contributed by atoms with van der Waals surface area (Å²) in [6.07, 6.45) is 0. The van der Waals surface area contributed by atoms with Crippen LogP contribution < -0.4 is 10.1 Å². The molecule has 0 aliphatic carbocycles. The van der Waals surface area contributed by atoms with Gasteiger partial charge in [-0.3, -0.25) is 0 Å². The van der Waals surface area contributed by atoms with Crippen LogP contribution in [0.1, 0.15) is 24.1 Å². The van der Waals surface area contributed by atoms with Crippen molar-refractivity contribution in [3.63, 3.8) is 0 Å². The molecule has 0 heterocycles. The predicted octanol–water partition coefficient (Wildman–Crippen LogP) is 4.60. The molecule has 0 fully saturated rings. The Bertz CT molecular complexity index is 610. The Balaban J connectivity index is 2.49. The van der Waals surface area contributed by atoms with Gasteiger partial charge in [0.1, 0.15) is 5.75 Å². The molecule has 0 spiro atoms.